The Balaban J connectivity index is 2.04. The summed E-state index contributed by atoms with van der Waals surface area (Å²) >= 11 is 0. The number of nitrogens with zero attached hydrogens (tertiary/aromatic N) is 2. The molecule has 3 atom stereocenters. The van der Waals surface area contributed by atoms with Crippen molar-refractivity contribution in [3.63, 3.8) is 0 Å². The van der Waals surface area contributed by atoms with E-state index < -0.39 is 36.5 Å². The molecule has 2 aliphatic rings. The zero-order valence-corrected chi connectivity index (χ0v) is 20.9. The van der Waals surface area contributed by atoms with Gasteiger partial charge in [-0.2, -0.15) is 0 Å². The molecule has 0 aromatic rings. The number of alkyl halides is 1. The highest BCUT2D eigenvalue weighted by molar-refractivity contribution is 5.95. The lowest BCUT2D eigenvalue weighted by atomic mass is 9.88. The Morgan fingerprint density at radius 2 is 1.69 bits per heavy atom. The number of carbonyl (C=O) groups is 4. The van der Waals surface area contributed by atoms with Gasteiger partial charge in [0.15, 0.2) is 11.7 Å². The van der Waals surface area contributed by atoms with Crippen molar-refractivity contribution in [2.24, 2.45) is 28.3 Å². The maximum absolute atomic E-state index is 13.4. The summed E-state index contributed by atoms with van der Waals surface area (Å²) in [5.41, 5.74) is 10.6. The molecule has 3 amide bonds. The highest BCUT2D eigenvalue weighted by Crippen LogP contribution is 2.25. The number of amides is 3. The fourth-order valence-electron chi connectivity index (χ4n) is 4.81. The van der Waals surface area contributed by atoms with Crippen molar-refractivity contribution in [3.8, 4) is 0 Å². The number of nitrogens with one attached hydrogen (secondary N) is 2. The summed E-state index contributed by atoms with van der Waals surface area (Å²) in [6, 6.07) is -2.53. The minimum Gasteiger partial charge on any atom is -0.370 e. The van der Waals surface area contributed by atoms with Gasteiger partial charge in [-0.3, -0.25) is 24.2 Å². The number of Topliss-reactive ketones (excluding diaryl/α,β-unsaturated/α-hetero) is 1. The van der Waals surface area contributed by atoms with Crippen LogP contribution in [0.25, 0.3) is 0 Å². The maximum Gasteiger partial charge on any atom is 0.246 e. The second-order valence-electron chi connectivity index (χ2n) is 9.86. The summed E-state index contributed by atoms with van der Waals surface area (Å²) in [5, 5.41) is 5.56. The van der Waals surface area contributed by atoms with Gasteiger partial charge < -0.3 is 27.0 Å². The Morgan fingerprint density at radius 1 is 1.00 bits per heavy atom. The highest BCUT2D eigenvalue weighted by Gasteiger charge is 2.40. The summed E-state index contributed by atoms with van der Waals surface area (Å²) < 4.78 is 13.1. The molecule has 2 unspecified atom stereocenters. The Labute approximate surface area is 206 Å². The van der Waals surface area contributed by atoms with Crippen molar-refractivity contribution in [1.29, 1.82) is 0 Å². The van der Waals surface area contributed by atoms with Gasteiger partial charge >= 0.3 is 0 Å². The minimum atomic E-state index is -1.21. The normalized spacial score (nSPS) is 20.2. The average Bonchev–Trinajstić information content (AvgIpc) is 3.33. The van der Waals surface area contributed by atoms with Crippen LogP contribution in [0.3, 0.4) is 0 Å². The quantitative estimate of drug-likeness (QED) is 0.177. The smallest absolute Gasteiger partial charge is 0.246 e. The molecule has 198 valence electrons. The van der Waals surface area contributed by atoms with E-state index in [1.807, 2.05) is 13.8 Å². The largest absolute Gasteiger partial charge is 0.370 e. The zero-order chi connectivity index (χ0) is 26.0. The van der Waals surface area contributed by atoms with Gasteiger partial charge in [0.25, 0.3) is 0 Å². The van der Waals surface area contributed by atoms with Crippen LogP contribution in [0.5, 0.6) is 0 Å². The number of hydrogen-bond acceptors (Lipinski definition) is 5. The number of halogens is 1. The predicted octanol–water partition coefficient (Wildman–Crippen LogP) is 0.776. The van der Waals surface area contributed by atoms with Gasteiger partial charge in [0.1, 0.15) is 18.8 Å². The van der Waals surface area contributed by atoms with E-state index in [0.29, 0.717) is 25.8 Å². The van der Waals surface area contributed by atoms with Crippen LogP contribution in [0, 0.1) is 11.8 Å². The van der Waals surface area contributed by atoms with Crippen molar-refractivity contribution in [2.75, 3.05) is 19.8 Å². The molecule has 6 N–H and O–H groups in total. The first-order valence-corrected chi connectivity index (χ1v) is 12.7. The molecule has 11 heteroatoms. The van der Waals surface area contributed by atoms with E-state index in [9.17, 15) is 23.6 Å². The minimum absolute atomic E-state index is 0.0816. The fraction of sp³-hybridized carbons (Fsp3) is 0.792. The first-order chi connectivity index (χ1) is 16.6. The van der Waals surface area contributed by atoms with Crippen LogP contribution in [0.2, 0.25) is 0 Å². The standard InChI is InChI=1S/C24H41FN6O4/c1-15(2)20(30-21(33)16-8-4-3-5-9-16)23(35)31-13-7-11-18(31)22(34)29-17(19(32)14-25)10-6-12-28-24(26)27/h15-18,20H,3-14H2,1-2H3,(H,29,34)(H,30,33)(H4,26,27,28)/t17?,18-,20?/m0/s1. The number of ketones is 1. The van der Waals surface area contributed by atoms with E-state index >= 15 is 0 Å². The lowest BCUT2D eigenvalue weighted by molar-refractivity contribution is -0.143. The molecule has 1 aliphatic carbocycles. The number of aliphatic imine (C=N–C) groups is 1. The third-order valence-corrected chi connectivity index (χ3v) is 6.83. The number of guanidine groups is 1. The molecule has 0 aromatic heterocycles. The molecular formula is C24H41FN6O4. The van der Waals surface area contributed by atoms with E-state index in [-0.39, 0.29) is 42.6 Å². The molecule has 1 heterocycles. The van der Waals surface area contributed by atoms with Crippen molar-refractivity contribution >= 4 is 29.5 Å². The molecule has 1 aliphatic heterocycles. The number of likely N-dealkylation sites (tertiary alicyclic amines) is 1. The molecule has 10 nitrogen and oxygen atoms in total. The van der Waals surface area contributed by atoms with Crippen LogP contribution in [-0.4, -0.2) is 72.3 Å². The summed E-state index contributed by atoms with van der Waals surface area (Å²) in [6.45, 7) is 3.15. The SMILES string of the molecule is CC(C)C(NC(=O)C1CCCCC1)C(=O)N1CCC[C@H]1C(=O)NC(CCCN=C(N)N)C(=O)CF. The first-order valence-electron chi connectivity index (χ1n) is 12.7. The molecule has 0 aromatic carbocycles. The van der Waals surface area contributed by atoms with E-state index in [1.165, 1.54) is 4.90 Å². The second-order valence-corrected chi connectivity index (χ2v) is 9.86. The van der Waals surface area contributed by atoms with E-state index in [2.05, 4.69) is 15.6 Å². The van der Waals surface area contributed by atoms with Gasteiger partial charge in [-0.25, -0.2) is 4.39 Å². The molecule has 1 saturated heterocycles. The topological polar surface area (TPSA) is 160 Å². The molecular weight excluding hydrogens is 455 g/mol. The molecule has 1 saturated carbocycles. The van der Waals surface area contributed by atoms with Crippen LogP contribution in [0.15, 0.2) is 4.99 Å². The molecule has 0 spiro atoms. The molecule has 2 rings (SSSR count). The second kappa shape index (κ2) is 14.0. The summed E-state index contributed by atoms with van der Waals surface area (Å²) in [7, 11) is 0. The lowest BCUT2D eigenvalue weighted by Gasteiger charge is -2.32. The molecule has 35 heavy (non-hydrogen) atoms. The molecule has 0 bridgehead atoms. The van der Waals surface area contributed by atoms with E-state index in [1.54, 1.807) is 0 Å². The monoisotopic (exact) mass is 496 g/mol. The fourth-order valence-corrected chi connectivity index (χ4v) is 4.81. The zero-order valence-electron chi connectivity index (χ0n) is 20.9. The summed E-state index contributed by atoms with van der Waals surface area (Å²) in [5.74, 6) is -1.96. The van der Waals surface area contributed by atoms with E-state index in [0.717, 1.165) is 32.1 Å². The van der Waals surface area contributed by atoms with Crippen molar-refractivity contribution in [2.45, 2.75) is 89.8 Å². The van der Waals surface area contributed by atoms with Crippen LogP contribution < -0.4 is 22.1 Å². The van der Waals surface area contributed by atoms with Crippen molar-refractivity contribution < 1.29 is 23.6 Å². The van der Waals surface area contributed by atoms with E-state index in [4.69, 9.17) is 11.5 Å². The third kappa shape index (κ3) is 8.47. The number of carbonyl (C=O) groups excluding carboxylic acids is 4. The van der Waals surface area contributed by atoms with Crippen LogP contribution in [0.1, 0.15) is 71.6 Å². The Kier molecular flexibility index (Phi) is 11.4. The Bertz CT molecular complexity index is 780. The number of hydrogen-bond donors (Lipinski definition) is 4. The van der Waals surface area contributed by atoms with Gasteiger partial charge in [0.2, 0.25) is 17.7 Å². The van der Waals surface area contributed by atoms with Gasteiger partial charge in [0, 0.05) is 19.0 Å². The van der Waals surface area contributed by atoms with Gasteiger partial charge in [-0.1, -0.05) is 33.1 Å². The van der Waals surface area contributed by atoms with Gasteiger partial charge in [-0.05, 0) is 44.4 Å². The van der Waals surface area contributed by atoms with Crippen LogP contribution >= 0.6 is 0 Å². The molecule has 2 fully saturated rings. The molecule has 0 radical (unpaired) electrons. The van der Waals surface area contributed by atoms with Gasteiger partial charge in [-0.15, -0.1) is 0 Å². The van der Waals surface area contributed by atoms with Gasteiger partial charge in [0.05, 0.1) is 6.04 Å². The Morgan fingerprint density at radius 3 is 2.29 bits per heavy atom. The summed E-state index contributed by atoms with van der Waals surface area (Å²) in [4.78, 5) is 56.7. The highest BCUT2D eigenvalue weighted by atomic mass is 19.1. The number of rotatable bonds is 12. The average molecular weight is 497 g/mol. The first kappa shape index (κ1) is 28.5. The van der Waals surface area contributed by atoms with Crippen molar-refractivity contribution in [3.05, 3.63) is 0 Å². The van der Waals surface area contributed by atoms with Crippen LogP contribution in [-0.2, 0) is 19.2 Å². The van der Waals surface area contributed by atoms with Crippen molar-refractivity contribution in [1.82, 2.24) is 15.5 Å². The van der Waals surface area contributed by atoms with Crippen LogP contribution in [0.4, 0.5) is 4.39 Å². The predicted molar refractivity (Wildman–Crippen MR) is 131 cm³/mol. The third-order valence-electron chi connectivity index (χ3n) is 6.83. The number of nitrogens with two attached hydrogens (primary N) is 2. The summed E-state index contributed by atoms with van der Waals surface area (Å²) in [6.07, 6.45) is 6.42. The maximum atomic E-state index is 13.4. The Hall–Kier alpha value is -2.72. The lowest BCUT2D eigenvalue weighted by Crippen LogP contribution is -2.57.